The quantitative estimate of drug-likeness (QED) is 0.922. The van der Waals surface area contributed by atoms with E-state index in [9.17, 15) is 12.8 Å². The molecule has 0 saturated carbocycles. The molecule has 0 aliphatic heterocycles. The van der Waals surface area contributed by atoms with Crippen LogP contribution in [0.1, 0.15) is 0 Å². The van der Waals surface area contributed by atoms with Gasteiger partial charge in [-0.3, -0.25) is 4.72 Å². The van der Waals surface area contributed by atoms with Gasteiger partial charge in [-0.25, -0.2) is 12.8 Å². The van der Waals surface area contributed by atoms with Crippen LogP contribution in [0.25, 0.3) is 0 Å². The lowest BCUT2D eigenvalue weighted by atomic mass is 10.2. The number of nitrogens with one attached hydrogen (secondary N) is 1. The monoisotopic (exact) mass is 311 g/mol. The lowest BCUT2D eigenvalue weighted by Gasteiger charge is -2.13. The predicted molar refractivity (Wildman–Crippen MR) is 77.9 cm³/mol. The van der Waals surface area contributed by atoms with Crippen molar-refractivity contribution in [1.82, 2.24) is 0 Å². The first-order valence-corrected chi connectivity index (χ1v) is 7.86. The molecule has 7 heteroatoms. The molecule has 112 valence electrons. The minimum absolute atomic E-state index is 0.237. The van der Waals surface area contributed by atoms with Gasteiger partial charge in [0.1, 0.15) is 17.3 Å². The largest absolute Gasteiger partial charge is 0.497 e. The molecule has 0 radical (unpaired) electrons. The topological polar surface area (TPSA) is 64.6 Å². The van der Waals surface area contributed by atoms with Gasteiger partial charge in [0.05, 0.1) is 19.1 Å². The Balaban J connectivity index is 2.35. The summed E-state index contributed by atoms with van der Waals surface area (Å²) >= 11 is 0. The number of halogens is 1. The average Bonchev–Trinajstić information content (AvgIpc) is 2.41. The van der Waals surface area contributed by atoms with Crippen LogP contribution in [0, 0.1) is 5.82 Å². The van der Waals surface area contributed by atoms with Crippen LogP contribution in [0.15, 0.2) is 42.5 Å². The van der Waals surface area contributed by atoms with E-state index in [0.717, 1.165) is 6.26 Å². The third-order valence-corrected chi connectivity index (χ3v) is 3.11. The van der Waals surface area contributed by atoms with Crippen LogP contribution in [-0.4, -0.2) is 21.8 Å². The highest BCUT2D eigenvalue weighted by Crippen LogP contribution is 2.33. The molecule has 2 aromatic rings. The number of sulfonamides is 1. The minimum atomic E-state index is -3.47. The van der Waals surface area contributed by atoms with E-state index >= 15 is 0 Å². The molecule has 2 rings (SSSR count). The van der Waals surface area contributed by atoms with Crippen LogP contribution >= 0.6 is 0 Å². The molecule has 2 aromatic carbocycles. The summed E-state index contributed by atoms with van der Waals surface area (Å²) in [6, 6.07) is 10.1. The zero-order chi connectivity index (χ0) is 15.5. The Labute approximate surface area is 122 Å². The van der Waals surface area contributed by atoms with Crippen molar-refractivity contribution in [3.8, 4) is 17.2 Å². The molecule has 0 bridgehead atoms. The fourth-order valence-electron chi connectivity index (χ4n) is 1.63. The zero-order valence-electron chi connectivity index (χ0n) is 11.5. The molecule has 5 nitrogen and oxygen atoms in total. The van der Waals surface area contributed by atoms with Crippen LogP contribution in [0.4, 0.5) is 10.1 Å². The molecule has 0 atom stereocenters. The summed E-state index contributed by atoms with van der Waals surface area (Å²) in [5, 5.41) is 0. The highest BCUT2D eigenvalue weighted by molar-refractivity contribution is 7.92. The molecule has 1 N–H and O–H groups in total. The molecule has 0 saturated heterocycles. The molecule has 0 aliphatic carbocycles. The second-order valence-electron chi connectivity index (χ2n) is 4.29. The summed E-state index contributed by atoms with van der Waals surface area (Å²) in [6.07, 6.45) is 1.04. The van der Waals surface area contributed by atoms with Crippen LogP contribution < -0.4 is 14.2 Å². The van der Waals surface area contributed by atoms with Crippen molar-refractivity contribution in [1.29, 1.82) is 0 Å². The number of benzene rings is 2. The molecule has 0 aromatic heterocycles. The maximum absolute atomic E-state index is 12.9. The summed E-state index contributed by atoms with van der Waals surface area (Å²) in [5.41, 5.74) is 0.237. The van der Waals surface area contributed by atoms with Gasteiger partial charge in [0, 0.05) is 6.07 Å². The second kappa shape index (κ2) is 6.01. The number of hydrogen-bond donors (Lipinski definition) is 1. The van der Waals surface area contributed by atoms with Gasteiger partial charge < -0.3 is 9.47 Å². The van der Waals surface area contributed by atoms with Gasteiger partial charge in [-0.1, -0.05) is 0 Å². The van der Waals surface area contributed by atoms with Gasteiger partial charge in [-0.05, 0) is 36.4 Å². The van der Waals surface area contributed by atoms with Crippen molar-refractivity contribution < 1.29 is 22.3 Å². The Morgan fingerprint density at radius 2 is 1.67 bits per heavy atom. The molecule has 0 heterocycles. The standard InChI is InChI=1S/C14H14FNO4S/c1-19-12-7-8-14(13(9-12)16-21(2,17)18)20-11-5-3-10(15)4-6-11/h3-9,16H,1-2H3. The molecule has 0 fully saturated rings. The highest BCUT2D eigenvalue weighted by Gasteiger charge is 2.11. The minimum Gasteiger partial charge on any atom is -0.497 e. The Morgan fingerprint density at radius 1 is 1.05 bits per heavy atom. The van der Waals surface area contributed by atoms with Crippen molar-refractivity contribution in [2.24, 2.45) is 0 Å². The molecular weight excluding hydrogens is 297 g/mol. The van der Waals surface area contributed by atoms with E-state index < -0.39 is 10.0 Å². The van der Waals surface area contributed by atoms with E-state index in [4.69, 9.17) is 9.47 Å². The number of ether oxygens (including phenoxy) is 2. The summed E-state index contributed by atoms with van der Waals surface area (Å²) in [5.74, 6) is 0.769. The Kier molecular flexibility index (Phi) is 4.32. The van der Waals surface area contributed by atoms with Gasteiger partial charge in [0.15, 0.2) is 5.75 Å². The predicted octanol–water partition coefficient (Wildman–Crippen LogP) is 3.00. The van der Waals surface area contributed by atoms with E-state index in [1.54, 1.807) is 12.1 Å². The fourth-order valence-corrected chi connectivity index (χ4v) is 2.19. The first kappa shape index (κ1) is 15.1. The summed E-state index contributed by atoms with van der Waals surface area (Å²) in [7, 11) is -2.00. The van der Waals surface area contributed by atoms with Crippen molar-refractivity contribution >= 4 is 15.7 Å². The maximum atomic E-state index is 12.9. The SMILES string of the molecule is COc1ccc(Oc2ccc(F)cc2)c(NS(C)(=O)=O)c1. The third kappa shape index (κ3) is 4.35. The van der Waals surface area contributed by atoms with Crippen molar-refractivity contribution in [2.45, 2.75) is 0 Å². The molecular formula is C14H14FNO4S. The molecule has 0 spiro atoms. The van der Waals surface area contributed by atoms with Gasteiger partial charge in [-0.2, -0.15) is 0 Å². The van der Waals surface area contributed by atoms with Gasteiger partial charge in [0.25, 0.3) is 0 Å². The normalized spacial score (nSPS) is 11.0. The van der Waals surface area contributed by atoms with Gasteiger partial charge >= 0.3 is 0 Å². The summed E-state index contributed by atoms with van der Waals surface area (Å²) in [6.45, 7) is 0. The van der Waals surface area contributed by atoms with E-state index in [1.165, 1.54) is 37.4 Å². The first-order valence-electron chi connectivity index (χ1n) is 5.96. The smallest absolute Gasteiger partial charge is 0.229 e. The average molecular weight is 311 g/mol. The molecule has 0 unspecified atom stereocenters. The van der Waals surface area contributed by atoms with E-state index in [1.807, 2.05) is 0 Å². The Morgan fingerprint density at radius 3 is 2.24 bits per heavy atom. The maximum Gasteiger partial charge on any atom is 0.229 e. The highest BCUT2D eigenvalue weighted by atomic mass is 32.2. The molecule has 0 aliphatic rings. The Bertz CT molecular complexity index is 729. The van der Waals surface area contributed by atoms with Crippen LogP contribution in [0.3, 0.4) is 0 Å². The number of methoxy groups -OCH3 is 1. The molecule has 0 amide bonds. The number of rotatable bonds is 5. The van der Waals surface area contributed by atoms with Crippen LogP contribution in [0.5, 0.6) is 17.2 Å². The summed E-state index contributed by atoms with van der Waals surface area (Å²) in [4.78, 5) is 0. The van der Waals surface area contributed by atoms with Crippen LogP contribution in [-0.2, 0) is 10.0 Å². The molecule has 21 heavy (non-hydrogen) atoms. The lowest BCUT2D eigenvalue weighted by molar-refractivity contribution is 0.413. The second-order valence-corrected chi connectivity index (χ2v) is 6.04. The van der Waals surface area contributed by atoms with E-state index in [-0.39, 0.29) is 17.3 Å². The Hall–Kier alpha value is -2.28. The number of hydrogen-bond acceptors (Lipinski definition) is 4. The third-order valence-electron chi connectivity index (χ3n) is 2.52. The number of anilines is 1. The first-order chi connectivity index (χ1) is 9.87. The van der Waals surface area contributed by atoms with Gasteiger partial charge in [0.2, 0.25) is 10.0 Å². The van der Waals surface area contributed by atoms with Gasteiger partial charge in [-0.15, -0.1) is 0 Å². The summed E-state index contributed by atoms with van der Waals surface area (Å²) < 4.78 is 48.6. The zero-order valence-corrected chi connectivity index (χ0v) is 12.3. The van der Waals surface area contributed by atoms with Crippen LogP contribution in [0.2, 0.25) is 0 Å². The van der Waals surface area contributed by atoms with E-state index in [0.29, 0.717) is 11.5 Å². The fraction of sp³-hybridized carbons (Fsp3) is 0.143. The van der Waals surface area contributed by atoms with Crippen molar-refractivity contribution in [2.75, 3.05) is 18.1 Å². The van der Waals surface area contributed by atoms with Crippen molar-refractivity contribution in [3.05, 3.63) is 48.3 Å². The van der Waals surface area contributed by atoms with Crippen molar-refractivity contribution in [3.63, 3.8) is 0 Å². The lowest BCUT2D eigenvalue weighted by Crippen LogP contribution is -2.10. The van der Waals surface area contributed by atoms with E-state index in [2.05, 4.69) is 4.72 Å².